The average molecular weight is 545 g/mol. The van der Waals surface area contributed by atoms with E-state index in [2.05, 4.69) is 35.9 Å². The van der Waals surface area contributed by atoms with Gasteiger partial charge in [-0.15, -0.1) is 6.58 Å². The van der Waals surface area contributed by atoms with Gasteiger partial charge in [-0.05, 0) is 37.4 Å². The molecule has 1 saturated heterocycles. The van der Waals surface area contributed by atoms with Crippen molar-refractivity contribution < 1.29 is 44.2 Å². The lowest BCUT2D eigenvalue weighted by atomic mass is 9.78. The number of benzene rings is 1. The molecule has 2 aromatic rings. The number of nitrogens with one attached hydrogen (secondary N) is 2. The summed E-state index contributed by atoms with van der Waals surface area (Å²) >= 11 is 0. The molecule has 11 nitrogen and oxygen atoms in total. The number of aliphatic hydroxyl groups excluding tert-OH is 4. The summed E-state index contributed by atoms with van der Waals surface area (Å²) in [6.45, 7) is 6.20. The quantitative estimate of drug-likeness (QED) is 0.216. The molecule has 0 saturated carbocycles. The van der Waals surface area contributed by atoms with E-state index in [1.807, 2.05) is 6.07 Å². The third-order valence-corrected chi connectivity index (χ3v) is 8.10. The van der Waals surface area contributed by atoms with Gasteiger partial charge in [-0.25, -0.2) is 4.79 Å². The van der Waals surface area contributed by atoms with Crippen molar-refractivity contribution in [2.45, 2.75) is 62.8 Å². The summed E-state index contributed by atoms with van der Waals surface area (Å²) in [5.41, 5.74) is 4.87. The van der Waals surface area contributed by atoms with Gasteiger partial charge in [0.25, 0.3) is 0 Å². The van der Waals surface area contributed by atoms with Crippen LogP contribution in [-0.4, -0.2) is 88.6 Å². The minimum atomic E-state index is -1.60. The van der Waals surface area contributed by atoms with Crippen LogP contribution in [0.5, 0.6) is 0 Å². The average Bonchev–Trinajstić information content (AvgIpc) is 3.34. The Labute approximate surface area is 226 Å². The van der Waals surface area contributed by atoms with E-state index in [1.165, 1.54) is 24.3 Å². The first-order valence-corrected chi connectivity index (χ1v) is 13.1. The van der Waals surface area contributed by atoms with E-state index in [0.717, 1.165) is 29.7 Å². The number of carbonyl (C=O) groups is 1. The van der Waals surface area contributed by atoms with E-state index in [-0.39, 0.29) is 6.04 Å². The lowest BCUT2D eigenvalue weighted by Crippen LogP contribution is -2.60. The van der Waals surface area contributed by atoms with Crippen molar-refractivity contribution in [2.75, 3.05) is 20.3 Å². The van der Waals surface area contributed by atoms with Gasteiger partial charge in [-0.2, -0.15) is 0 Å². The number of hydrogen-bond donors (Lipinski definition) is 6. The van der Waals surface area contributed by atoms with Gasteiger partial charge in [0.1, 0.15) is 24.4 Å². The fraction of sp³-hybridized carbons (Fsp3) is 0.536. The van der Waals surface area contributed by atoms with Gasteiger partial charge >= 0.3 is 5.97 Å². The number of H-pyrrole nitrogens is 1. The van der Waals surface area contributed by atoms with Crippen LogP contribution >= 0.6 is 0 Å². The number of para-hydroxylation sites is 1. The van der Waals surface area contributed by atoms with Crippen molar-refractivity contribution in [1.29, 1.82) is 0 Å². The Kier molecular flexibility index (Phi) is 8.11. The van der Waals surface area contributed by atoms with E-state index >= 15 is 0 Å². The van der Waals surface area contributed by atoms with Gasteiger partial charge in [-0.3, -0.25) is 0 Å². The number of hydrogen-bond acceptors (Lipinski definition) is 10. The van der Waals surface area contributed by atoms with Crippen molar-refractivity contribution in [3.63, 3.8) is 0 Å². The normalized spacial score (nSPS) is 34.6. The number of methoxy groups -OCH3 is 1. The smallest absolute Gasteiger partial charge is 0.337 e. The third kappa shape index (κ3) is 5.00. The third-order valence-electron chi connectivity index (χ3n) is 8.10. The summed E-state index contributed by atoms with van der Waals surface area (Å²) in [6.07, 6.45) is -4.03. The maximum Gasteiger partial charge on any atom is 0.337 e. The van der Waals surface area contributed by atoms with Crippen molar-refractivity contribution in [3.05, 3.63) is 59.5 Å². The van der Waals surface area contributed by atoms with E-state index in [4.69, 9.17) is 18.9 Å². The first kappa shape index (κ1) is 27.8. The van der Waals surface area contributed by atoms with Crippen LogP contribution in [0.1, 0.15) is 29.3 Å². The molecule has 3 aliphatic heterocycles. The number of esters is 1. The standard InChI is InChI=1S/C28H36N2O9/c1-4-14-17(10-19-22-16(8-9-29-19)15-7-5-6-13(2)21(15)30-22)18(26(35)36-3)12-37-27(14)39-28-25(34)24(33)23(32)20(11-31)38-28/h4-7,12,14,17,19-20,23-25,27-34H,1,8-11H2,2-3H3/t14-,17+,19+,20-,23-,24+,25-,27+,28+/m1/s1. The molecular formula is C28H36N2O9. The van der Waals surface area contributed by atoms with Crippen LogP contribution in [0.15, 0.2) is 42.7 Å². The van der Waals surface area contributed by atoms with Gasteiger partial charge in [0.15, 0.2) is 6.29 Å². The van der Waals surface area contributed by atoms with Gasteiger partial charge in [0.05, 0.1) is 25.6 Å². The SMILES string of the molecule is C=C[C@H]1[C@H](O[C@@H]2O[C@H](CO)[C@@H](O)[C@H](O)[C@H]2O)OC=C(C(=O)OC)[C@H]1C[C@@H]1NCCc2c1[nH]c1c(C)cccc21. The molecule has 0 bridgehead atoms. The molecule has 39 heavy (non-hydrogen) atoms. The highest BCUT2D eigenvalue weighted by molar-refractivity contribution is 5.89. The lowest BCUT2D eigenvalue weighted by Gasteiger charge is -2.43. The predicted molar refractivity (Wildman–Crippen MR) is 139 cm³/mol. The highest BCUT2D eigenvalue weighted by atomic mass is 16.8. The van der Waals surface area contributed by atoms with Crippen LogP contribution < -0.4 is 5.32 Å². The molecule has 0 spiro atoms. The number of aryl methyl sites for hydroxylation is 1. The highest BCUT2D eigenvalue weighted by Gasteiger charge is 2.48. The Bertz CT molecular complexity index is 1240. The molecule has 1 fully saturated rings. The number of aromatic nitrogens is 1. The molecular weight excluding hydrogens is 508 g/mol. The summed E-state index contributed by atoms with van der Waals surface area (Å²) < 4.78 is 22.3. The molecule has 1 aromatic carbocycles. The molecule has 0 amide bonds. The summed E-state index contributed by atoms with van der Waals surface area (Å²) in [5.74, 6) is -1.56. The molecule has 0 aliphatic carbocycles. The van der Waals surface area contributed by atoms with Gasteiger partial charge in [-0.1, -0.05) is 24.3 Å². The first-order chi connectivity index (χ1) is 18.8. The lowest BCUT2D eigenvalue weighted by molar-refractivity contribution is -0.339. The largest absolute Gasteiger partial charge is 0.471 e. The first-order valence-electron chi connectivity index (χ1n) is 13.1. The summed E-state index contributed by atoms with van der Waals surface area (Å²) in [5, 5.41) is 45.1. The van der Waals surface area contributed by atoms with E-state index in [1.54, 1.807) is 6.08 Å². The highest BCUT2D eigenvalue weighted by Crippen LogP contribution is 2.42. The molecule has 4 heterocycles. The zero-order chi connectivity index (χ0) is 27.8. The van der Waals surface area contributed by atoms with Gasteiger partial charge in [0, 0.05) is 34.5 Å². The zero-order valence-electron chi connectivity index (χ0n) is 21.9. The second kappa shape index (κ2) is 11.4. The van der Waals surface area contributed by atoms with E-state index in [9.17, 15) is 25.2 Å². The van der Waals surface area contributed by atoms with Crippen molar-refractivity contribution >= 4 is 16.9 Å². The van der Waals surface area contributed by atoms with Crippen LogP contribution in [0.3, 0.4) is 0 Å². The molecule has 9 atom stereocenters. The van der Waals surface area contributed by atoms with Crippen LogP contribution in [0.4, 0.5) is 0 Å². The number of fused-ring (bicyclic) bond motifs is 3. The van der Waals surface area contributed by atoms with E-state index < -0.39 is 61.4 Å². The molecule has 11 heteroatoms. The number of aromatic amines is 1. The Morgan fingerprint density at radius 2 is 2.00 bits per heavy atom. The summed E-state index contributed by atoms with van der Waals surface area (Å²) in [4.78, 5) is 16.4. The van der Waals surface area contributed by atoms with Gasteiger partial charge < -0.3 is 49.7 Å². The molecule has 0 radical (unpaired) electrons. The number of ether oxygens (including phenoxy) is 4. The Morgan fingerprint density at radius 3 is 2.72 bits per heavy atom. The minimum absolute atomic E-state index is 0.118. The number of aliphatic hydroxyl groups is 4. The Morgan fingerprint density at radius 1 is 1.21 bits per heavy atom. The second-order valence-electron chi connectivity index (χ2n) is 10.3. The Hall–Kier alpha value is -2.77. The topological polar surface area (TPSA) is 163 Å². The molecule has 6 N–H and O–H groups in total. The fourth-order valence-electron chi connectivity index (χ4n) is 5.96. The predicted octanol–water partition coefficient (Wildman–Crippen LogP) is 0.701. The molecule has 0 unspecified atom stereocenters. The van der Waals surface area contributed by atoms with Crippen molar-refractivity contribution in [2.24, 2.45) is 11.8 Å². The minimum Gasteiger partial charge on any atom is -0.471 e. The van der Waals surface area contributed by atoms with Crippen LogP contribution in [-0.2, 0) is 30.2 Å². The molecule has 3 aliphatic rings. The molecule has 1 aromatic heterocycles. The fourth-order valence-corrected chi connectivity index (χ4v) is 5.96. The number of rotatable bonds is 7. The number of carbonyl (C=O) groups excluding carboxylic acids is 1. The maximum atomic E-state index is 12.8. The van der Waals surface area contributed by atoms with Crippen molar-refractivity contribution in [1.82, 2.24) is 10.3 Å². The van der Waals surface area contributed by atoms with Crippen LogP contribution in [0.2, 0.25) is 0 Å². The van der Waals surface area contributed by atoms with Gasteiger partial charge in [0.2, 0.25) is 6.29 Å². The van der Waals surface area contributed by atoms with E-state index in [0.29, 0.717) is 12.0 Å². The van der Waals surface area contributed by atoms with Crippen LogP contribution in [0.25, 0.3) is 10.9 Å². The molecule has 5 rings (SSSR count). The second-order valence-corrected chi connectivity index (χ2v) is 10.3. The van der Waals surface area contributed by atoms with Crippen LogP contribution in [0, 0.1) is 18.8 Å². The Balaban J connectivity index is 1.44. The zero-order valence-corrected chi connectivity index (χ0v) is 21.9. The van der Waals surface area contributed by atoms with Crippen molar-refractivity contribution in [3.8, 4) is 0 Å². The maximum absolute atomic E-state index is 12.8. The monoisotopic (exact) mass is 544 g/mol. The molecule has 212 valence electrons. The summed E-state index contributed by atoms with van der Waals surface area (Å²) in [6, 6.07) is 6.11. The summed E-state index contributed by atoms with van der Waals surface area (Å²) in [7, 11) is 1.30.